The molecule has 1 aromatic heterocycles. The van der Waals surface area contributed by atoms with Crippen molar-refractivity contribution in [3.63, 3.8) is 0 Å². The van der Waals surface area contributed by atoms with Crippen LogP contribution in [0.4, 0.5) is 28.4 Å². The molecule has 0 saturated carbocycles. The number of hydrogen-bond acceptors (Lipinski definition) is 8. The van der Waals surface area contributed by atoms with Crippen molar-refractivity contribution in [1.29, 1.82) is 0 Å². The number of rotatable bonds is 6. The van der Waals surface area contributed by atoms with E-state index >= 15 is 0 Å². The van der Waals surface area contributed by atoms with Gasteiger partial charge in [-0.1, -0.05) is 11.6 Å². The van der Waals surface area contributed by atoms with Crippen LogP contribution in [0.1, 0.15) is 42.4 Å². The molecule has 5 heterocycles. The Bertz CT molecular complexity index is 1520. The van der Waals surface area contributed by atoms with Crippen LogP contribution in [0, 0.1) is 0 Å². The van der Waals surface area contributed by atoms with E-state index in [4.69, 9.17) is 16.3 Å². The summed E-state index contributed by atoms with van der Waals surface area (Å²) < 4.78 is 46.9. The number of carbonyl (C=O) groups is 3. The van der Waals surface area contributed by atoms with Crippen molar-refractivity contribution in [3.8, 4) is 5.75 Å². The average Bonchev–Trinajstić information content (AvgIpc) is 3.45. The van der Waals surface area contributed by atoms with E-state index in [0.717, 1.165) is 55.7 Å². The summed E-state index contributed by atoms with van der Waals surface area (Å²) in [7, 11) is 2.10. The predicted octanol–water partition coefficient (Wildman–Crippen LogP) is 4.97. The molecule has 6 rings (SSSR count). The number of urea groups is 1. The highest BCUT2D eigenvalue weighted by Gasteiger charge is 2.39. The van der Waals surface area contributed by atoms with Crippen LogP contribution >= 0.6 is 22.9 Å². The number of phenols is 1. The third-order valence-corrected chi connectivity index (χ3v) is 11.3. The lowest BCUT2D eigenvalue weighted by Gasteiger charge is -2.42. The van der Waals surface area contributed by atoms with Crippen LogP contribution in [-0.4, -0.2) is 132 Å². The number of ether oxygens (including phenoxy) is 1. The fourth-order valence-electron chi connectivity index (χ4n) is 7.31. The Morgan fingerprint density at radius 3 is 2.33 bits per heavy atom. The lowest BCUT2D eigenvalue weighted by molar-refractivity contribution is -0.143. The number of piperazine rings is 1. The number of nitrogens with zero attached hydrogens (tertiary/aromatic N) is 5. The normalized spacial score (nSPS) is 21.2. The molecule has 1 atom stereocenters. The molecule has 16 heteroatoms. The molecule has 49 heavy (non-hydrogen) atoms. The van der Waals surface area contributed by atoms with Gasteiger partial charge in [-0.25, -0.2) is 9.59 Å². The summed E-state index contributed by atoms with van der Waals surface area (Å²) in [5, 5.41) is 16.4. The van der Waals surface area contributed by atoms with Crippen molar-refractivity contribution < 1.29 is 37.4 Å². The van der Waals surface area contributed by atoms with Gasteiger partial charge in [0.15, 0.2) is 6.10 Å². The zero-order valence-corrected chi connectivity index (χ0v) is 29.0. The van der Waals surface area contributed by atoms with Crippen LogP contribution in [0.3, 0.4) is 0 Å². The second-order valence-electron chi connectivity index (χ2n) is 13.3. The van der Waals surface area contributed by atoms with Crippen LogP contribution in [0.5, 0.6) is 5.75 Å². The van der Waals surface area contributed by atoms with Gasteiger partial charge >= 0.3 is 18.3 Å². The van der Waals surface area contributed by atoms with Crippen molar-refractivity contribution in [2.45, 2.75) is 62.9 Å². The fraction of sp³-hybridized carbons (Fsp3) is 0.606. The summed E-state index contributed by atoms with van der Waals surface area (Å²) in [6.07, 6.45) is -3.55. The quantitative estimate of drug-likeness (QED) is 0.433. The standard InChI is InChI=1S/C33H42ClF3N6O5S/c1-39-7-3-23(4-8-39)40-12-14-41(15-13-40)30(45)28(18-21-16-25(33(35,36)37)29(44)26(34)17-21)48-32(47)42-9-5-24(6-10-42)43-11-2-22-19-49-20-27(22)38-31(43)46/h16-17,19-20,23-24,28,44H,2-15,18H2,1H3,(H,38,46)/t28-/m1/s1. The lowest BCUT2D eigenvalue weighted by Crippen LogP contribution is -2.56. The first-order valence-electron chi connectivity index (χ1n) is 16.8. The Kier molecular flexibility index (Phi) is 10.8. The Labute approximate surface area is 292 Å². The number of piperidine rings is 2. The number of amides is 4. The fourth-order valence-corrected chi connectivity index (χ4v) is 8.38. The number of nitrogens with one attached hydrogen (secondary N) is 1. The summed E-state index contributed by atoms with van der Waals surface area (Å²) in [5.41, 5.74) is 0.604. The number of hydrogen-bond donors (Lipinski definition) is 2. The molecule has 2 aromatic rings. The highest BCUT2D eigenvalue weighted by molar-refractivity contribution is 7.08. The van der Waals surface area contributed by atoms with E-state index in [2.05, 4.69) is 22.2 Å². The number of carbonyl (C=O) groups excluding carboxylic acids is 3. The summed E-state index contributed by atoms with van der Waals surface area (Å²) in [6, 6.07) is 2.07. The van der Waals surface area contributed by atoms with E-state index in [0.29, 0.717) is 51.6 Å². The smallest absolute Gasteiger partial charge is 0.420 e. The van der Waals surface area contributed by atoms with Gasteiger partial charge in [-0.2, -0.15) is 13.2 Å². The van der Waals surface area contributed by atoms with E-state index in [-0.39, 0.29) is 37.1 Å². The van der Waals surface area contributed by atoms with Crippen molar-refractivity contribution in [1.82, 2.24) is 24.5 Å². The number of alkyl halides is 3. The highest BCUT2D eigenvalue weighted by Crippen LogP contribution is 2.40. The molecular formula is C33H42ClF3N6O5S. The molecule has 268 valence electrons. The Balaban J connectivity index is 1.12. The van der Waals surface area contributed by atoms with Crippen LogP contribution < -0.4 is 5.32 Å². The molecule has 0 bridgehead atoms. The third kappa shape index (κ3) is 8.21. The van der Waals surface area contributed by atoms with Crippen LogP contribution in [-0.2, 0) is 28.5 Å². The molecule has 4 aliphatic heterocycles. The van der Waals surface area contributed by atoms with Gasteiger partial charge in [-0.15, -0.1) is 11.3 Å². The van der Waals surface area contributed by atoms with E-state index in [1.165, 1.54) is 4.90 Å². The molecule has 1 aromatic carbocycles. The second-order valence-corrected chi connectivity index (χ2v) is 14.5. The predicted molar refractivity (Wildman–Crippen MR) is 179 cm³/mol. The molecule has 2 N–H and O–H groups in total. The summed E-state index contributed by atoms with van der Waals surface area (Å²) in [4.78, 5) is 50.0. The number of halogens is 4. The SMILES string of the molecule is CN1CCC(N2CCN(C(=O)[C@@H](Cc3cc(Cl)c(O)c(C(F)(F)F)c3)OC(=O)N3CCC(N4CCc5cscc5NC4=O)CC3)CC2)CC1. The number of aromatic hydroxyl groups is 1. The number of phenolic OH excluding ortho intramolecular Hbond substituents is 1. The van der Waals surface area contributed by atoms with E-state index in [9.17, 15) is 32.7 Å². The number of fused-ring (bicyclic) bond motifs is 1. The number of thiophene rings is 1. The van der Waals surface area contributed by atoms with Crippen molar-refractivity contribution in [2.24, 2.45) is 0 Å². The second kappa shape index (κ2) is 14.9. The molecule has 0 unspecified atom stereocenters. The minimum Gasteiger partial charge on any atom is -0.506 e. The average molecular weight is 727 g/mol. The van der Waals surface area contributed by atoms with Gasteiger partial charge in [0, 0.05) is 69.7 Å². The maximum Gasteiger partial charge on any atom is 0.420 e. The van der Waals surface area contributed by atoms with E-state index in [1.54, 1.807) is 21.1 Å². The monoisotopic (exact) mass is 726 g/mol. The molecule has 4 amide bonds. The van der Waals surface area contributed by atoms with Crippen LogP contribution in [0.2, 0.25) is 5.02 Å². The van der Waals surface area contributed by atoms with Crippen molar-refractivity contribution >= 4 is 46.7 Å². The van der Waals surface area contributed by atoms with E-state index < -0.39 is 40.6 Å². The topological polar surface area (TPSA) is 109 Å². The summed E-state index contributed by atoms with van der Waals surface area (Å²) in [5.74, 6) is -1.59. The van der Waals surface area contributed by atoms with E-state index in [1.807, 2.05) is 10.8 Å². The molecule has 11 nitrogen and oxygen atoms in total. The number of anilines is 1. The maximum atomic E-state index is 13.9. The molecule has 3 fully saturated rings. The minimum absolute atomic E-state index is 0.00511. The first kappa shape index (κ1) is 35.6. The number of benzene rings is 1. The molecule has 4 aliphatic rings. The third-order valence-electron chi connectivity index (χ3n) is 10.2. The molecule has 3 saturated heterocycles. The summed E-state index contributed by atoms with van der Waals surface area (Å²) in [6.45, 7) is 5.25. The maximum absolute atomic E-state index is 13.9. The lowest BCUT2D eigenvalue weighted by atomic mass is 10.0. The Hall–Kier alpha value is -3.27. The molecular weight excluding hydrogens is 685 g/mol. The zero-order chi connectivity index (χ0) is 34.9. The molecule has 0 radical (unpaired) electrons. The van der Waals surface area contributed by atoms with Gasteiger partial charge in [0.2, 0.25) is 0 Å². The molecule has 0 spiro atoms. The van der Waals surface area contributed by atoms with Crippen molar-refractivity contribution in [3.05, 3.63) is 44.6 Å². The van der Waals surface area contributed by atoms with Gasteiger partial charge < -0.3 is 34.8 Å². The Morgan fingerprint density at radius 1 is 0.980 bits per heavy atom. The van der Waals surface area contributed by atoms with Gasteiger partial charge in [-0.3, -0.25) is 9.69 Å². The zero-order valence-electron chi connectivity index (χ0n) is 27.4. The first-order valence-corrected chi connectivity index (χ1v) is 18.1. The Morgan fingerprint density at radius 2 is 1.65 bits per heavy atom. The van der Waals surface area contributed by atoms with Gasteiger partial charge in [0.25, 0.3) is 5.91 Å². The molecule has 0 aliphatic carbocycles. The minimum atomic E-state index is -4.88. The largest absolute Gasteiger partial charge is 0.506 e. The number of likely N-dealkylation sites (tertiary alicyclic amines) is 2. The van der Waals surface area contributed by atoms with Gasteiger partial charge in [0.1, 0.15) is 5.75 Å². The van der Waals surface area contributed by atoms with Crippen molar-refractivity contribution in [2.75, 3.05) is 71.3 Å². The highest BCUT2D eigenvalue weighted by atomic mass is 35.5. The summed E-state index contributed by atoms with van der Waals surface area (Å²) >= 11 is 7.52. The van der Waals surface area contributed by atoms with Crippen LogP contribution in [0.15, 0.2) is 22.9 Å². The van der Waals surface area contributed by atoms with Gasteiger partial charge in [0.05, 0.1) is 16.3 Å². The first-order chi connectivity index (χ1) is 23.4. The van der Waals surface area contributed by atoms with Crippen LogP contribution in [0.25, 0.3) is 0 Å². The van der Waals surface area contributed by atoms with Gasteiger partial charge in [-0.05, 0) is 80.9 Å².